The summed E-state index contributed by atoms with van der Waals surface area (Å²) >= 11 is 12.0. The van der Waals surface area contributed by atoms with Gasteiger partial charge in [-0.2, -0.15) is 0 Å². The van der Waals surface area contributed by atoms with Crippen LogP contribution in [0.25, 0.3) is 0 Å². The molecule has 0 saturated heterocycles. The molecular weight excluding hydrogens is 273 g/mol. The van der Waals surface area contributed by atoms with Crippen molar-refractivity contribution in [2.24, 2.45) is 0 Å². The Bertz CT molecular complexity index is 397. The molecule has 0 aliphatic heterocycles. The van der Waals surface area contributed by atoms with E-state index in [-0.39, 0.29) is 6.10 Å². The van der Waals surface area contributed by atoms with Crippen LogP contribution >= 0.6 is 23.2 Å². The summed E-state index contributed by atoms with van der Waals surface area (Å²) in [6.45, 7) is 1.27. The molecule has 100 valence electrons. The van der Waals surface area contributed by atoms with Crippen molar-refractivity contribution in [2.45, 2.75) is 25.0 Å². The summed E-state index contributed by atoms with van der Waals surface area (Å²) in [5.74, 6) is 0.601. The Labute approximate surface area is 117 Å². The standard InChI is InChI=1S/C13H17Cl2NO2/c1-17-8-10(7-16-9-5-6-9)18-12-4-2-3-11(14)13(12)15/h2-4,9-10,16H,5-8H2,1H3. The summed E-state index contributed by atoms with van der Waals surface area (Å²) < 4.78 is 11.0. The molecule has 5 heteroatoms. The first-order valence-corrected chi connectivity index (χ1v) is 6.79. The number of ether oxygens (including phenoxy) is 2. The van der Waals surface area contributed by atoms with Gasteiger partial charge in [0, 0.05) is 19.7 Å². The highest BCUT2D eigenvalue weighted by Crippen LogP contribution is 2.32. The maximum atomic E-state index is 6.09. The van der Waals surface area contributed by atoms with Gasteiger partial charge in [0.05, 0.1) is 11.6 Å². The van der Waals surface area contributed by atoms with Crippen LogP contribution in [0, 0.1) is 0 Å². The topological polar surface area (TPSA) is 30.5 Å². The molecule has 1 aromatic rings. The molecule has 1 fully saturated rings. The second-order valence-corrected chi connectivity index (χ2v) is 5.21. The molecule has 1 aliphatic rings. The maximum absolute atomic E-state index is 6.09. The highest BCUT2D eigenvalue weighted by molar-refractivity contribution is 6.42. The second kappa shape index (κ2) is 6.62. The van der Waals surface area contributed by atoms with E-state index < -0.39 is 0 Å². The molecule has 3 nitrogen and oxygen atoms in total. The van der Waals surface area contributed by atoms with Gasteiger partial charge in [0.1, 0.15) is 16.9 Å². The number of nitrogens with one attached hydrogen (secondary N) is 1. The van der Waals surface area contributed by atoms with Crippen LogP contribution < -0.4 is 10.1 Å². The molecule has 0 aromatic heterocycles. The zero-order chi connectivity index (χ0) is 13.0. The Morgan fingerprint density at radius 2 is 2.17 bits per heavy atom. The number of hydrogen-bond acceptors (Lipinski definition) is 3. The van der Waals surface area contributed by atoms with Crippen molar-refractivity contribution < 1.29 is 9.47 Å². The summed E-state index contributed by atoms with van der Waals surface area (Å²) in [5, 5.41) is 4.37. The third-order valence-corrected chi connectivity index (χ3v) is 3.58. The number of hydrogen-bond donors (Lipinski definition) is 1. The minimum Gasteiger partial charge on any atom is -0.485 e. The summed E-state index contributed by atoms with van der Waals surface area (Å²) in [6, 6.07) is 6.02. The van der Waals surface area contributed by atoms with Crippen molar-refractivity contribution in [3.05, 3.63) is 28.2 Å². The van der Waals surface area contributed by atoms with Crippen LogP contribution in [-0.2, 0) is 4.74 Å². The van der Waals surface area contributed by atoms with Crippen LogP contribution in [-0.4, -0.2) is 32.4 Å². The van der Waals surface area contributed by atoms with E-state index in [0.29, 0.717) is 28.4 Å². The third-order valence-electron chi connectivity index (χ3n) is 2.77. The smallest absolute Gasteiger partial charge is 0.140 e. The van der Waals surface area contributed by atoms with Gasteiger partial charge in [-0.25, -0.2) is 0 Å². The summed E-state index contributed by atoms with van der Waals surface area (Å²) in [7, 11) is 1.66. The lowest BCUT2D eigenvalue weighted by molar-refractivity contribution is 0.0804. The molecule has 0 radical (unpaired) electrons. The van der Waals surface area contributed by atoms with E-state index in [2.05, 4.69) is 5.32 Å². The molecule has 0 heterocycles. The fourth-order valence-electron chi connectivity index (χ4n) is 1.66. The van der Waals surface area contributed by atoms with Crippen molar-refractivity contribution >= 4 is 23.2 Å². The van der Waals surface area contributed by atoms with E-state index in [1.54, 1.807) is 13.2 Å². The molecule has 1 aromatic carbocycles. The van der Waals surface area contributed by atoms with Crippen LogP contribution in [0.3, 0.4) is 0 Å². The first kappa shape index (κ1) is 13.9. The molecule has 18 heavy (non-hydrogen) atoms. The minimum atomic E-state index is -0.0634. The van der Waals surface area contributed by atoms with Crippen LogP contribution in [0.1, 0.15) is 12.8 Å². The number of rotatable bonds is 7. The molecule has 1 aliphatic carbocycles. The average Bonchev–Trinajstić information content (AvgIpc) is 3.16. The Hall–Kier alpha value is -0.480. The Balaban J connectivity index is 1.95. The van der Waals surface area contributed by atoms with Gasteiger partial charge in [-0.15, -0.1) is 0 Å². The van der Waals surface area contributed by atoms with E-state index in [1.165, 1.54) is 12.8 Å². The molecule has 1 N–H and O–H groups in total. The summed E-state index contributed by atoms with van der Waals surface area (Å²) in [6.07, 6.45) is 2.43. The monoisotopic (exact) mass is 289 g/mol. The lowest BCUT2D eigenvalue weighted by Gasteiger charge is -2.20. The predicted octanol–water partition coefficient (Wildman–Crippen LogP) is 3.14. The number of halogens is 2. The molecule has 1 unspecified atom stereocenters. The SMILES string of the molecule is COCC(CNC1CC1)Oc1cccc(Cl)c1Cl. The van der Waals surface area contributed by atoms with E-state index in [1.807, 2.05) is 12.1 Å². The Morgan fingerprint density at radius 1 is 1.39 bits per heavy atom. The summed E-state index contributed by atoms with van der Waals surface area (Å²) in [4.78, 5) is 0. The van der Waals surface area contributed by atoms with Gasteiger partial charge in [0.25, 0.3) is 0 Å². The van der Waals surface area contributed by atoms with Gasteiger partial charge >= 0.3 is 0 Å². The fourth-order valence-corrected chi connectivity index (χ4v) is 2.00. The fraction of sp³-hybridized carbons (Fsp3) is 0.538. The molecule has 0 spiro atoms. The lowest BCUT2D eigenvalue weighted by atomic mass is 10.3. The molecule has 1 atom stereocenters. The van der Waals surface area contributed by atoms with Crippen LogP contribution in [0.5, 0.6) is 5.75 Å². The van der Waals surface area contributed by atoms with Crippen molar-refractivity contribution in [3.8, 4) is 5.75 Å². The number of methoxy groups -OCH3 is 1. The normalized spacial score (nSPS) is 16.6. The van der Waals surface area contributed by atoms with Crippen molar-refractivity contribution in [1.29, 1.82) is 0 Å². The molecule has 0 amide bonds. The zero-order valence-electron chi connectivity index (χ0n) is 10.3. The van der Waals surface area contributed by atoms with Gasteiger partial charge < -0.3 is 14.8 Å². The van der Waals surface area contributed by atoms with Crippen molar-refractivity contribution in [2.75, 3.05) is 20.3 Å². The maximum Gasteiger partial charge on any atom is 0.140 e. The Kier molecular flexibility index (Phi) is 5.13. The van der Waals surface area contributed by atoms with Gasteiger partial charge in [-0.3, -0.25) is 0 Å². The quantitative estimate of drug-likeness (QED) is 0.837. The first-order valence-electron chi connectivity index (χ1n) is 6.03. The minimum absolute atomic E-state index is 0.0634. The summed E-state index contributed by atoms with van der Waals surface area (Å²) in [5.41, 5.74) is 0. The van der Waals surface area contributed by atoms with Crippen LogP contribution in [0.15, 0.2) is 18.2 Å². The van der Waals surface area contributed by atoms with Crippen LogP contribution in [0.2, 0.25) is 10.0 Å². The number of benzene rings is 1. The molecular formula is C13H17Cl2NO2. The second-order valence-electron chi connectivity index (χ2n) is 4.43. The lowest BCUT2D eigenvalue weighted by Crippen LogP contribution is -2.36. The molecule has 1 saturated carbocycles. The van der Waals surface area contributed by atoms with Crippen LogP contribution in [0.4, 0.5) is 0 Å². The van der Waals surface area contributed by atoms with Gasteiger partial charge in [-0.1, -0.05) is 29.3 Å². The van der Waals surface area contributed by atoms with E-state index in [4.69, 9.17) is 32.7 Å². The van der Waals surface area contributed by atoms with Crippen molar-refractivity contribution in [1.82, 2.24) is 5.32 Å². The highest BCUT2D eigenvalue weighted by Gasteiger charge is 2.23. The van der Waals surface area contributed by atoms with Gasteiger partial charge in [0.15, 0.2) is 0 Å². The van der Waals surface area contributed by atoms with Crippen molar-refractivity contribution in [3.63, 3.8) is 0 Å². The van der Waals surface area contributed by atoms with E-state index in [9.17, 15) is 0 Å². The van der Waals surface area contributed by atoms with Gasteiger partial charge in [-0.05, 0) is 25.0 Å². The predicted molar refractivity (Wildman–Crippen MR) is 73.8 cm³/mol. The molecule has 2 rings (SSSR count). The third kappa shape index (κ3) is 4.02. The largest absolute Gasteiger partial charge is 0.485 e. The van der Waals surface area contributed by atoms with E-state index in [0.717, 1.165) is 6.54 Å². The van der Waals surface area contributed by atoms with Gasteiger partial charge in [0.2, 0.25) is 0 Å². The Morgan fingerprint density at radius 3 is 2.83 bits per heavy atom. The average molecular weight is 290 g/mol. The molecule has 0 bridgehead atoms. The highest BCUT2D eigenvalue weighted by atomic mass is 35.5. The zero-order valence-corrected chi connectivity index (χ0v) is 11.8. The van der Waals surface area contributed by atoms with E-state index >= 15 is 0 Å². The first-order chi connectivity index (χ1) is 8.70.